The fourth-order valence-electron chi connectivity index (χ4n) is 3.85. The molecule has 6 heteroatoms. The van der Waals surface area contributed by atoms with E-state index in [-0.39, 0.29) is 0 Å². The summed E-state index contributed by atoms with van der Waals surface area (Å²) in [5.74, 6) is 3.15. The van der Waals surface area contributed by atoms with Gasteiger partial charge in [-0.05, 0) is 35.4 Å². The molecule has 174 valence electrons. The molecule has 2 heterocycles. The van der Waals surface area contributed by atoms with Gasteiger partial charge in [-0.3, -0.25) is 0 Å². The van der Waals surface area contributed by atoms with E-state index in [9.17, 15) is 0 Å². The normalized spacial score (nSPS) is 10.6. The van der Waals surface area contributed by atoms with Crippen LogP contribution in [0.5, 0.6) is 23.0 Å². The molecule has 0 aliphatic rings. The van der Waals surface area contributed by atoms with E-state index >= 15 is 0 Å². The summed E-state index contributed by atoms with van der Waals surface area (Å²) in [6.45, 7) is 1.46. The summed E-state index contributed by atoms with van der Waals surface area (Å²) in [5, 5.41) is 0. The summed E-state index contributed by atoms with van der Waals surface area (Å²) in [4.78, 5) is 0. The lowest BCUT2D eigenvalue weighted by atomic mass is 10.1. The highest BCUT2D eigenvalue weighted by Crippen LogP contribution is 2.24. The Bertz CT molecular complexity index is 1090. The Morgan fingerprint density at radius 3 is 1.03 bits per heavy atom. The van der Waals surface area contributed by atoms with Crippen LogP contribution in [0.4, 0.5) is 0 Å². The first-order valence-electron chi connectivity index (χ1n) is 11.0. The lowest BCUT2D eigenvalue weighted by molar-refractivity contribution is -0.688. The van der Waals surface area contributed by atoms with Gasteiger partial charge < -0.3 is 18.9 Å². The smallest absolute Gasteiger partial charge is 0.174 e. The molecule has 0 N–H and O–H groups in total. The second-order valence-corrected chi connectivity index (χ2v) is 7.96. The number of hydrogen-bond acceptors (Lipinski definition) is 4. The van der Waals surface area contributed by atoms with Crippen molar-refractivity contribution in [1.82, 2.24) is 0 Å². The Morgan fingerprint density at radius 2 is 0.765 bits per heavy atom. The van der Waals surface area contributed by atoms with Gasteiger partial charge in [0, 0.05) is 47.5 Å². The first-order valence-corrected chi connectivity index (χ1v) is 11.0. The Morgan fingerprint density at radius 1 is 0.471 bits per heavy atom. The predicted octanol–water partition coefficient (Wildman–Crippen LogP) is 4.06. The van der Waals surface area contributed by atoms with E-state index in [4.69, 9.17) is 18.9 Å². The molecule has 0 amide bonds. The molecule has 0 unspecified atom stereocenters. The molecule has 4 aromatic rings. The van der Waals surface area contributed by atoms with Crippen LogP contribution in [0.3, 0.4) is 0 Å². The van der Waals surface area contributed by atoms with E-state index in [1.165, 1.54) is 0 Å². The molecule has 6 nitrogen and oxygen atoms in total. The van der Waals surface area contributed by atoms with Gasteiger partial charge in [-0.15, -0.1) is 0 Å². The van der Waals surface area contributed by atoms with Crippen LogP contribution in [0.2, 0.25) is 0 Å². The number of hydrogen-bond donors (Lipinski definition) is 0. The maximum Gasteiger partial charge on any atom is 0.174 e. The molecule has 0 saturated heterocycles. The Hall–Kier alpha value is -4.06. The molecule has 0 aliphatic carbocycles. The van der Waals surface area contributed by atoms with Crippen LogP contribution >= 0.6 is 0 Å². The molecule has 0 bridgehead atoms. The average molecular weight is 459 g/mol. The van der Waals surface area contributed by atoms with E-state index in [1.54, 1.807) is 28.4 Å². The van der Waals surface area contributed by atoms with Gasteiger partial charge in [0.2, 0.25) is 0 Å². The van der Waals surface area contributed by atoms with Gasteiger partial charge in [0.05, 0.1) is 28.4 Å². The van der Waals surface area contributed by atoms with Crippen molar-refractivity contribution < 1.29 is 28.1 Å². The molecule has 0 spiro atoms. The maximum absolute atomic E-state index is 5.38. The second kappa shape index (κ2) is 10.7. The van der Waals surface area contributed by atoms with Crippen LogP contribution in [-0.2, 0) is 13.1 Å². The number of methoxy groups -OCH3 is 4. The Balaban J connectivity index is 1.45. The van der Waals surface area contributed by atoms with Crippen LogP contribution in [0.15, 0.2) is 85.5 Å². The highest BCUT2D eigenvalue weighted by atomic mass is 16.5. The van der Waals surface area contributed by atoms with E-state index in [1.807, 2.05) is 36.4 Å². The topological polar surface area (TPSA) is 44.7 Å². The zero-order valence-electron chi connectivity index (χ0n) is 20.0. The number of ether oxygens (including phenoxy) is 4. The van der Waals surface area contributed by atoms with Crippen molar-refractivity contribution >= 4 is 0 Å². The molecular weight excluding hydrogens is 428 g/mol. The van der Waals surface area contributed by atoms with Gasteiger partial charge >= 0.3 is 0 Å². The molecule has 0 radical (unpaired) electrons. The van der Waals surface area contributed by atoms with Gasteiger partial charge in [0.1, 0.15) is 23.0 Å². The number of rotatable bonds is 9. The van der Waals surface area contributed by atoms with Crippen molar-refractivity contribution in [3.63, 3.8) is 0 Å². The summed E-state index contributed by atoms with van der Waals surface area (Å²) in [7, 11) is 6.66. The number of nitrogens with zero attached hydrogens (tertiary/aromatic N) is 2. The van der Waals surface area contributed by atoms with Gasteiger partial charge in [0.15, 0.2) is 37.9 Å². The molecule has 2 aromatic heterocycles. The third kappa shape index (κ3) is 5.64. The highest BCUT2D eigenvalue weighted by Gasteiger charge is 2.10. The van der Waals surface area contributed by atoms with Crippen molar-refractivity contribution in [2.75, 3.05) is 28.4 Å². The van der Waals surface area contributed by atoms with Crippen LogP contribution in [0.1, 0.15) is 11.1 Å². The zero-order chi connectivity index (χ0) is 23.9. The number of benzene rings is 2. The van der Waals surface area contributed by atoms with Crippen LogP contribution in [-0.4, -0.2) is 28.4 Å². The Kier molecular flexibility index (Phi) is 7.28. The van der Waals surface area contributed by atoms with Crippen molar-refractivity contribution in [3.8, 4) is 34.1 Å². The summed E-state index contributed by atoms with van der Waals surface area (Å²) in [5.41, 5.74) is 4.55. The van der Waals surface area contributed by atoms with Crippen molar-refractivity contribution in [2.45, 2.75) is 13.1 Å². The fraction of sp³-hybridized carbons (Fsp3) is 0.214. The van der Waals surface area contributed by atoms with Crippen LogP contribution in [0.25, 0.3) is 11.1 Å². The summed E-state index contributed by atoms with van der Waals surface area (Å²) in [6, 6.07) is 20.4. The van der Waals surface area contributed by atoms with E-state index in [0.29, 0.717) is 0 Å². The Labute approximate surface area is 200 Å². The molecule has 4 rings (SSSR count). The number of pyridine rings is 2. The van der Waals surface area contributed by atoms with Crippen molar-refractivity contribution in [1.29, 1.82) is 0 Å². The summed E-state index contributed by atoms with van der Waals surface area (Å²) >= 11 is 0. The molecule has 34 heavy (non-hydrogen) atoms. The minimum atomic E-state index is 0.729. The average Bonchev–Trinajstić information content (AvgIpc) is 2.89. The van der Waals surface area contributed by atoms with Crippen molar-refractivity contribution in [2.24, 2.45) is 0 Å². The van der Waals surface area contributed by atoms with Crippen LogP contribution in [0, 0.1) is 0 Å². The van der Waals surface area contributed by atoms with Crippen LogP contribution < -0.4 is 28.1 Å². The molecule has 0 atom stereocenters. The lowest BCUT2D eigenvalue weighted by Gasteiger charge is -2.07. The molecule has 0 saturated carbocycles. The summed E-state index contributed by atoms with van der Waals surface area (Å²) in [6.07, 6.45) is 8.35. The fourth-order valence-corrected chi connectivity index (χ4v) is 3.85. The lowest BCUT2D eigenvalue weighted by Crippen LogP contribution is -2.33. The zero-order valence-corrected chi connectivity index (χ0v) is 20.0. The first kappa shape index (κ1) is 23.1. The summed E-state index contributed by atoms with van der Waals surface area (Å²) < 4.78 is 25.8. The molecular formula is C28H30N2O4+2. The van der Waals surface area contributed by atoms with E-state index in [0.717, 1.165) is 58.3 Å². The highest BCUT2D eigenvalue weighted by molar-refractivity contribution is 5.61. The predicted molar refractivity (Wildman–Crippen MR) is 130 cm³/mol. The standard InChI is InChI=1S/C28H30N2O4/c1-31-25-13-21(14-26(17-25)32-2)19-29-9-5-23(6-10-29)24-7-11-30(12-8-24)20-22-15-27(33-3)18-28(16-22)34-4/h5-18H,19-20H2,1-4H3/q+2. The van der Waals surface area contributed by atoms with Gasteiger partial charge in [-0.25, -0.2) is 9.13 Å². The molecule has 0 fully saturated rings. The SMILES string of the molecule is COc1cc(C[n+]2ccc(-c3cc[n+](Cc4cc(OC)cc(OC)c4)cc3)cc2)cc(OC)c1. The third-order valence-corrected chi connectivity index (χ3v) is 5.67. The molecule has 2 aromatic carbocycles. The first-order chi connectivity index (χ1) is 16.6. The minimum absolute atomic E-state index is 0.729. The van der Waals surface area contributed by atoms with Crippen molar-refractivity contribution in [3.05, 3.63) is 96.6 Å². The maximum atomic E-state index is 5.38. The monoisotopic (exact) mass is 458 g/mol. The van der Waals surface area contributed by atoms with E-state index in [2.05, 4.69) is 58.2 Å². The van der Waals surface area contributed by atoms with Gasteiger partial charge in [-0.1, -0.05) is 0 Å². The quantitative estimate of drug-likeness (QED) is 0.355. The van der Waals surface area contributed by atoms with Gasteiger partial charge in [-0.2, -0.15) is 0 Å². The third-order valence-electron chi connectivity index (χ3n) is 5.67. The molecule has 0 aliphatic heterocycles. The van der Waals surface area contributed by atoms with Gasteiger partial charge in [0.25, 0.3) is 0 Å². The second-order valence-electron chi connectivity index (χ2n) is 7.96. The number of aromatic nitrogens is 2. The van der Waals surface area contributed by atoms with E-state index < -0.39 is 0 Å². The largest absolute Gasteiger partial charge is 0.497 e. The minimum Gasteiger partial charge on any atom is -0.497 e.